The summed E-state index contributed by atoms with van der Waals surface area (Å²) in [4.78, 5) is 32.0. The van der Waals surface area contributed by atoms with E-state index in [1.54, 1.807) is 0 Å². The number of hydrogen-bond acceptors (Lipinski definition) is 4. The van der Waals surface area contributed by atoms with E-state index >= 15 is 0 Å². The van der Waals surface area contributed by atoms with E-state index in [9.17, 15) is 19.6 Å². The van der Waals surface area contributed by atoms with E-state index in [0.29, 0.717) is 6.20 Å². The van der Waals surface area contributed by atoms with E-state index in [2.05, 4.69) is 0 Å². The van der Waals surface area contributed by atoms with Crippen molar-refractivity contribution < 1.29 is 34.4 Å². The van der Waals surface area contributed by atoms with Crippen molar-refractivity contribution >= 4 is 17.9 Å². The van der Waals surface area contributed by atoms with E-state index in [-0.39, 0.29) is 4.73 Å². The maximum Gasteiger partial charge on any atom is 0.403 e. The number of carboxylic acids is 3. The molecule has 0 unspecified atom stereocenters. The van der Waals surface area contributed by atoms with Gasteiger partial charge in [0, 0.05) is 6.07 Å². The average Bonchev–Trinajstić information content (AvgIpc) is 2.15. The molecule has 0 atom stereocenters. The van der Waals surface area contributed by atoms with Crippen molar-refractivity contribution in [3.05, 3.63) is 34.3 Å². The van der Waals surface area contributed by atoms with E-state index < -0.39 is 34.7 Å². The second kappa shape index (κ2) is 3.85. The standard InChI is InChI=1S/C8H5NO7/c10-6(11)3-1-2-9(16)5(8(14)15)4(3)7(12)13/h1-2H,(H,10,11)(H,12,13)(H,14,15). The molecule has 1 rings (SSSR count). The fourth-order valence-corrected chi connectivity index (χ4v) is 1.13. The lowest BCUT2D eigenvalue weighted by Crippen LogP contribution is -2.38. The van der Waals surface area contributed by atoms with Crippen LogP contribution in [0.15, 0.2) is 12.3 Å². The van der Waals surface area contributed by atoms with Crippen LogP contribution in [0.1, 0.15) is 31.2 Å². The molecule has 0 aliphatic rings. The third kappa shape index (κ3) is 1.75. The molecule has 0 fully saturated rings. The minimum atomic E-state index is -1.81. The summed E-state index contributed by atoms with van der Waals surface area (Å²) in [6, 6.07) is 0.727. The molecule has 3 N–H and O–H groups in total. The predicted octanol–water partition coefficient (Wildman–Crippen LogP) is -0.585. The van der Waals surface area contributed by atoms with Crippen LogP contribution in [0.5, 0.6) is 0 Å². The Morgan fingerprint density at radius 1 is 1.06 bits per heavy atom. The predicted molar refractivity (Wildman–Crippen MR) is 46.3 cm³/mol. The van der Waals surface area contributed by atoms with Gasteiger partial charge in [-0.15, -0.1) is 0 Å². The maximum absolute atomic E-state index is 11.0. The second-order valence-electron chi connectivity index (χ2n) is 2.69. The van der Waals surface area contributed by atoms with Crippen molar-refractivity contribution in [3.8, 4) is 0 Å². The molecule has 0 aliphatic carbocycles. The number of pyridine rings is 1. The van der Waals surface area contributed by atoms with Gasteiger partial charge in [0.05, 0.1) is 5.56 Å². The molecule has 1 heterocycles. The van der Waals surface area contributed by atoms with Crippen LogP contribution >= 0.6 is 0 Å². The molecule has 1 aromatic rings. The number of carboxylic acid groups (broad SMARTS) is 3. The van der Waals surface area contributed by atoms with E-state index in [1.807, 2.05) is 0 Å². The van der Waals surface area contributed by atoms with Gasteiger partial charge in [-0.1, -0.05) is 0 Å². The zero-order valence-electron chi connectivity index (χ0n) is 7.58. The molecule has 0 saturated heterocycles. The highest BCUT2D eigenvalue weighted by atomic mass is 16.5. The van der Waals surface area contributed by atoms with E-state index in [4.69, 9.17) is 15.3 Å². The average molecular weight is 227 g/mol. The van der Waals surface area contributed by atoms with Crippen molar-refractivity contribution in [1.82, 2.24) is 0 Å². The Labute approximate surface area is 87.6 Å². The van der Waals surface area contributed by atoms with Crippen molar-refractivity contribution in [3.63, 3.8) is 0 Å². The Balaban J connectivity index is 3.70. The third-order valence-electron chi connectivity index (χ3n) is 1.75. The lowest BCUT2D eigenvalue weighted by molar-refractivity contribution is -0.608. The number of carbonyl (C=O) groups is 3. The molecule has 0 bridgehead atoms. The summed E-state index contributed by atoms with van der Waals surface area (Å²) in [5.74, 6) is -5.23. The van der Waals surface area contributed by atoms with Crippen LogP contribution in [0.4, 0.5) is 0 Å². The highest BCUT2D eigenvalue weighted by Crippen LogP contribution is 2.11. The summed E-state index contributed by atoms with van der Waals surface area (Å²) in [6.45, 7) is 0. The topological polar surface area (TPSA) is 139 Å². The maximum atomic E-state index is 11.0. The van der Waals surface area contributed by atoms with Crippen LogP contribution < -0.4 is 4.73 Å². The third-order valence-corrected chi connectivity index (χ3v) is 1.75. The van der Waals surface area contributed by atoms with Gasteiger partial charge < -0.3 is 20.5 Å². The summed E-state index contributed by atoms with van der Waals surface area (Å²) in [5.41, 5.74) is -2.93. The second-order valence-corrected chi connectivity index (χ2v) is 2.69. The summed E-state index contributed by atoms with van der Waals surface area (Å²) < 4.78 is -0.210. The number of nitrogens with zero attached hydrogens (tertiary/aromatic N) is 1. The lowest BCUT2D eigenvalue weighted by Gasteiger charge is -2.05. The molecule has 0 saturated carbocycles. The molecule has 0 radical (unpaired) electrons. The van der Waals surface area contributed by atoms with Gasteiger partial charge in [-0.3, -0.25) is 0 Å². The Morgan fingerprint density at radius 2 is 1.62 bits per heavy atom. The molecule has 0 amide bonds. The van der Waals surface area contributed by atoms with Gasteiger partial charge in [-0.2, -0.15) is 4.73 Å². The van der Waals surface area contributed by atoms with Gasteiger partial charge >= 0.3 is 23.6 Å². The smallest absolute Gasteiger partial charge is 0.403 e. The Kier molecular flexibility index (Phi) is 2.75. The van der Waals surface area contributed by atoms with Gasteiger partial charge in [0.1, 0.15) is 0 Å². The Hall–Kier alpha value is -2.64. The first-order chi connectivity index (χ1) is 7.36. The molecular weight excluding hydrogens is 222 g/mol. The number of aromatic carboxylic acids is 3. The largest absolute Gasteiger partial charge is 0.618 e. The van der Waals surface area contributed by atoms with Crippen molar-refractivity contribution in [2.24, 2.45) is 0 Å². The molecule has 1 aromatic heterocycles. The van der Waals surface area contributed by atoms with Crippen LogP contribution in [-0.2, 0) is 0 Å². The number of aromatic nitrogens is 1. The molecular formula is C8H5NO7. The monoisotopic (exact) mass is 227 g/mol. The summed E-state index contributed by atoms with van der Waals surface area (Å²) >= 11 is 0. The number of hydrogen-bond donors (Lipinski definition) is 3. The number of rotatable bonds is 3. The minimum absolute atomic E-state index is 0.210. The minimum Gasteiger partial charge on any atom is -0.618 e. The zero-order valence-corrected chi connectivity index (χ0v) is 7.58. The van der Waals surface area contributed by atoms with Crippen molar-refractivity contribution in [2.45, 2.75) is 0 Å². The summed E-state index contributed by atoms with van der Waals surface area (Å²) in [7, 11) is 0. The molecule has 16 heavy (non-hydrogen) atoms. The van der Waals surface area contributed by atoms with Gasteiger partial charge in [0.25, 0.3) is 0 Å². The summed E-state index contributed by atoms with van der Waals surface area (Å²) in [5, 5.41) is 37.0. The normalized spacial score (nSPS) is 9.75. The van der Waals surface area contributed by atoms with E-state index in [0.717, 1.165) is 6.07 Å². The quantitative estimate of drug-likeness (QED) is 0.463. The Morgan fingerprint density at radius 3 is 2.00 bits per heavy atom. The van der Waals surface area contributed by atoms with Crippen molar-refractivity contribution in [2.75, 3.05) is 0 Å². The highest BCUT2D eigenvalue weighted by molar-refractivity contribution is 6.07. The van der Waals surface area contributed by atoms with Crippen LogP contribution in [0.3, 0.4) is 0 Å². The summed E-state index contributed by atoms with van der Waals surface area (Å²) in [6.07, 6.45) is 0.624. The highest BCUT2D eigenvalue weighted by Gasteiger charge is 2.31. The first-order valence-electron chi connectivity index (χ1n) is 3.82. The van der Waals surface area contributed by atoms with Crippen LogP contribution in [0.2, 0.25) is 0 Å². The first kappa shape index (κ1) is 11.4. The molecule has 8 nitrogen and oxygen atoms in total. The van der Waals surface area contributed by atoms with Crippen molar-refractivity contribution in [1.29, 1.82) is 0 Å². The zero-order chi connectivity index (χ0) is 12.5. The fourth-order valence-electron chi connectivity index (χ4n) is 1.13. The van der Waals surface area contributed by atoms with Crippen LogP contribution in [0.25, 0.3) is 0 Å². The molecule has 0 spiro atoms. The van der Waals surface area contributed by atoms with Gasteiger partial charge in [-0.25, -0.2) is 14.4 Å². The SMILES string of the molecule is O=C(O)c1cc[n+]([O-])c(C(=O)O)c1C(=O)O. The molecule has 0 aliphatic heterocycles. The van der Waals surface area contributed by atoms with Crippen LogP contribution in [-0.4, -0.2) is 33.2 Å². The van der Waals surface area contributed by atoms with Gasteiger partial charge in [0.15, 0.2) is 11.8 Å². The van der Waals surface area contributed by atoms with Gasteiger partial charge in [-0.05, 0) is 0 Å². The molecule has 0 aromatic carbocycles. The Bertz CT molecular complexity index is 493. The molecule has 8 heteroatoms. The lowest BCUT2D eigenvalue weighted by atomic mass is 10.1. The van der Waals surface area contributed by atoms with Crippen LogP contribution in [0, 0.1) is 5.21 Å². The fraction of sp³-hybridized carbons (Fsp3) is 0. The van der Waals surface area contributed by atoms with E-state index in [1.165, 1.54) is 0 Å². The molecule has 84 valence electrons. The van der Waals surface area contributed by atoms with Gasteiger partial charge in [0.2, 0.25) is 0 Å². The first-order valence-corrected chi connectivity index (χ1v) is 3.82.